The fraction of sp³-hybridized carbons (Fsp3) is 0.0833. The summed E-state index contributed by atoms with van der Waals surface area (Å²) in [5.74, 6) is 0. The highest BCUT2D eigenvalue weighted by atomic mass is 35.5. The second kappa shape index (κ2) is 5.36. The molecular formula is C12H10Cl2N2O2S. The van der Waals surface area contributed by atoms with Crippen LogP contribution in [0, 0.1) is 6.92 Å². The molecule has 0 radical (unpaired) electrons. The molecule has 0 saturated heterocycles. The van der Waals surface area contributed by atoms with Crippen molar-refractivity contribution in [3.8, 4) is 0 Å². The van der Waals surface area contributed by atoms with Gasteiger partial charge in [0.15, 0.2) is 0 Å². The molecule has 1 aromatic heterocycles. The average Bonchev–Trinajstić information content (AvgIpc) is 2.34. The van der Waals surface area contributed by atoms with Gasteiger partial charge in [0, 0.05) is 12.4 Å². The molecule has 1 aromatic carbocycles. The first-order chi connectivity index (χ1) is 8.90. The summed E-state index contributed by atoms with van der Waals surface area (Å²) < 4.78 is 26.8. The number of aromatic nitrogens is 1. The Morgan fingerprint density at radius 3 is 2.58 bits per heavy atom. The van der Waals surface area contributed by atoms with Crippen molar-refractivity contribution in [2.45, 2.75) is 11.8 Å². The summed E-state index contributed by atoms with van der Waals surface area (Å²) in [6.45, 7) is 1.84. The van der Waals surface area contributed by atoms with Crippen LogP contribution in [0.2, 0.25) is 10.0 Å². The van der Waals surface area contributed by atoms with Crippen molar-refractivity contribution in [1.29, 1.82) is 0 Å². The maximum Gasteiger partial charge on any atom is 0.264 e. The van der Waals surface area contributed by atoms with Crippen molar-refractivity contribution in [3.63, 3.8) is 0 Å². The number of rotatable bonds is 3. The molecule has 0 unspecified atom stereocenters. The predicted molar refractivity (Wildman–Crippen MR) is 76.2 cm³/mol. The van der Waals surface area contributed by atoms with Gasteiger partial charge in [0.25, 0.3) is 10.0 Å². The Labute approximate surface area is 121 Å². The van der Waals surface area contributed by atoms with E-state index in [0.717, 1.165) is 5.56 Å². The molecule has 0 aliphatic heterocycles. The Morgan fingerprint density at radius 1 is 1.16 bits per heavy atom. The molecule has 4 nitrogen and oxygen atoms in total. The first-order valence-electron chi connectivity index (χ1n) is 5.28. The van der Waals surface area contributed by atoms with Crippen LogP contribution >= 0.6 is 23.2 Å². The number of aryl methyl sites for hydroxylation is 1. The number of sulfonamides is 1. The van der Waals surface area contributed by atoms with Gasteiger partial charge in [-0.25, -0.2) is 8.42 Å². The quantitative estimate of drug-likeness (QED) is 0.942. The fourth-order valence-electron chi connectivity index (χ4n) is 1.48. The van der Waals surface area contributed by atoms with Gasteiger partial charge in [-0.05, 0) is 30.7 Å². The molecule has 0 saturated carbocycles. The smallest absolute Gasteiger partial charge is 0.264 e. The molecule has 0 fully saturated rings. The number of pyridine rings is 1. The van der Waals surface area contributed by atoms with E-state index in [1.54, 1.807) is 18.2 Å². The number of anilines is 1. The highest BCUT2D eigenvalue weighted by Crippen LogP contribution is 2.27. The van der Waals surface area contributed by atoms with Gasteiger partial charge in [0.2, 0.25) is 0 Å². The van der Waals surface area contributed by atoms with Gasteiger partial charge in [-0.1, -0.05) is 29.3 Å². The molecule has 19 heavy (non-hydrogen) atoms. The lowest BCUT2D eigenvalue weighted by atomic mass is 10.2. The Bertz CT molecular complexity index is 717. The van der Waals surface area contributed by atoms with Crippen molar-refractivity contribution in [2.24, 2.45) is 0 Å². The summed E-state index contributed by atoms with van der Waals surface area (Å²) in [5.41, 5.74) is 1.20. The van der Waals surface area contributed by atoms with Crippen LogP contribution in [-0.2, 0) is 10.0 Å². The third kappa shape index (κ3) is 3.18. The largest absolute Gasteiger partial charge is 0.278 e. The number of nitrogens with zero attached hydrogens (tertiary/aromatic N) is 1. The Morgan fingerprint density at radius 2 is 1.89 bits per heavy atom. The molecule has 100 valence electrons. The van der Waals surface area contributed by atoms with E-state index >= 15 is 0 Å². The molecule has 0 bridgehead atoms. The molecule has 0 aliphatic carbocycles. The van der Waals surface area contributed by atoms with Gasteiger partial charge >= 0.3 is 0 Å². The minimum Gasteiger partial charge on any atom is -0.278 e. The lowest BCUT2D eigenvalue weighted by Crippen LogP contribution is -2.14. The zero-order chi connectivity index (χ0) is 14.0. The Balaban J connectivity index is 2.43. The summed E-state index contributed by atoms with van der Waals surface area (Å²) in [6.07, 6.45) is 2.61. The monoisotopic (exact) mass is 316 g/mol. The zero-order valence-electron chi connectivity index (χ0n) is 9.89. The van der Waals surface area contributed by atoms with Crippen molar-refractivity contribution in [1.82, 2.24) is 4.98 Å². The van der Waals surface area contributed by atoms with Crippen molar-refractivity contribution < 1.29 is 8.42 Å². The summed E-state index contributed by atoms with van der Waals surface area (Å²) in [6, 6.07) is 6.47. The van der Waals surface area contributed by atoms with E-state index < -0.39 is 10.0 Å². The van der Waals surface area contributed by atoms with Crippen LogP contribution in [0.5, 0.6) is 0 Å². The summed E-state index contributed by atoms with van der Waals surface area (Å²) in [5, 5.41) is 0.417. The normalized spacial score (nSPS) is 11.3. The lowest BCUT2D eigenvalue weighted by Gasteiger charge is -2.10. The molecule has 0 atom stereocenters. The second-order valence-corrected chi connectivity index (χ2v) is 6.36. The van der Waals surface area contributed by atoms with Crippen LogP contribution in [0.3, 0.4) is 0 Å². The molecule has 0 aliphatic rings. The van der Waals surface area contributed by atoms with Crippen LogP contribution in [0.4, 0.5) is 5.69 Å². The summed E-state index contributed by atoms with van der Waals surface area (Å²) in [7, 11) is -3.81. The molecule has 7 heteroatoms. The van der Waals surface area contributed by atoms with Crippen LogP contribution in [0.25, 0.3) is 0 Å². The van der Waals surface area contributed by atoms with Crippen LogP contribution in [0.15, 0.2) is 41.6 Å². The summed E-state index contributed by atoms with van der Waals surface area (Å²) in [4.78, 5) is 3.67. The highest BCUT2D eigenvalue weighted by Gasteiger charge is 2.19. The van der Waals surface area contributed by atoms with E-state index in [4.69, 9.17) is 23.2 Å². The molecule has 0 spiro atoms. The van der Waals surface area contributed by atoms with Crippen LogP contribution in [0.1, 0.15) is 5.56 Å². The van der Waals surface area contributed by atoms with E-state index in [1.165, 1.54) is 18.5 Å². The zero-order valence-corrected chi connectivity index (χ0v) is 12.2. The highest BCUT2D eigenvalue weighted by molar-refractivity contribution is 7.92. The minimum atomic E-state index is -3.81. The first-order valence-corrected chi connectivity index (χ1v) is 7.52. The van der Waals surface area contributed by atoms with Crippen molar-refractivity contribution in [2.75, 3.05) is 4.72 Å². The SMILES string of the molecule is Cc1ccc(Cl)c(NS(=O)(=O)c2cnccc2Cl)c1. The number of hydrogen-bond acceptors (Lipinski definition) is 3. The van der Waals surface area contributed by atoms with E-state index in [0.29, 0.717) is 10.7 Å². The third-order valence-corrected chi connectivity index (χ3v) is 4.55. The standard InChI is InChI=1S/C12H10Cl2N2O2S/c1-8-2-3-9(13)11(6-8)16-19(17,18)12-7-15-5-4-10(12)14/h2-7,16H,1H3. The predicted octanol–water partition coefficient (Wildman–Crippen LogP) is 3.50. The topological polar surface area (TPSA) is 59.1 Å². The minimum absolute atomic E-state index is 0.0887. The van der Waals surface area contributed by atoms with E-state index in [-0.39, 0.29) is 9.92 Å². The Kier molecular flexibility index (Phi) is 3.99. The van der Waals surface area contributed by atoms with E-state index in [2.05, 4.69) is 9.71 Å². The maximum absolute atomic E-state index is 12.2. The van der Waals surface area contributed by atoms with E-state index in [9.17, 15) is 8.42 Å². The van der Waals surface area contributed by atoms with Gasteiger partial charge in [-0.2, -0.15) is 0 Å². The van der Waals surface area contributed by atoms with Crippen LogP contribution < -0.4 is 4.72 Å². The number of halogens is 2. The van der Waals surface area contributed by atoms with E-state index in [1.807, 2.05) is 6.92 Å². The Hall–Kier alpha value is -1.30. The third-order valence-electron chi connectivity index (χ3n) is 2.39. The van der Waals surface area contributed by atoms with Crippen molar-refractivity contribution in [3.05, 3.63) is 52.3 Å². The first kappa shape index (κ1) is 14.1. The molecular weight excluding hydrogens is 307 g/mol. The van der Waals surface area contributed by atoms with Gasteiger partial charge in [0.1, 0.15) is 4.90 Å². The average molecular weight is 317 g/mol. The number of nitrogens with one attached hydrogen (secondary N) is 1. The second-order valence-electron chi connectivity index (χ2n) is 3.89. The summed E-state index contributed by atoms with van der Waals surface area (Å²) >= 11 is 11.8. The number of benzene rings is 1. The van der Waals surface area contributed by atoms with Gasteiger partial charge < -0.3 is 0 Å². The van der Waals surface area contributed by atoms with Gasteiger partial charge in [-0.3, -0.25) is 9.71 Å². The van der Waals surface area contributed by atoms with Gasteiger partial charge in [0.05, 0.1) is 15.7 Å². The van der Waals surface area contributed by atoms with Crippen LogP contribution in [-0.4, -0.2) is 13.4 Å². The lowest BCUT2D eigenvalue weighted by molar-refractivity contribution is 0.601. The number of hydrogen-bond donors (Lipinski definition) is 1. The fourth-order valence-corrected chi connectivity index (χ4v) is 3.20. The molecule has 2 aromatic rings. The van der Waals surface area contributed by atoms with Gasteiger partial charge in [-0.15, -0.1) is 0 Å². The molecule has 1 heterocycles. The maximum atomic E-state index is 12.2. The van der Waals surface area contributed by atoms with Crippen molar-refractivity contribution >= 4 is 38.9 Å². The molecule has 1 N–H and O–H groups in total. The molecule has 2 rings (SSSR count). The molecule has 0 amide bonds.